The molecular formula is C19H15N5OS2. The molecule has 134 valence electrons. The van der Waals surface area contributed by atoms with Crippen molar-refractivity contribution < 1.29 is 4.79 Å². The van der Waals surface area contributed by atoms with Crippen molar-refractivity contribution >= 4 is 34.7 Å². The number of thioether (sulfide) groups is 1. The summed E-state index contributed by atoms with van der Waals surface area (Å²) in [6, 6.07) is 21.2. The highest BCUT2D eigenvalue weighted by Gasteiger charge is 2.10. The average molecular weight is 393 g/mol. The minimum atomic E-state index is -0.0971. The van der Waals surface area contributed by atoms with E-state index >= 15 is 0 Å². The van der Waals surface area contributed by atoms with Crippen LogP contribution in [0, 0.1) is 0 Å². The molecule has 27 heavy (non-hydrogen) atoms. The van der Waals surface area contributed by atoms with Crippen LogP contribution in [0.3, 0.4) is 0 Å². The highest BCUT2D eigenvalue weighted by atomic mass is 32.2. The standard InChI is InChI=1S/C19H15N5OS2/c25-19(17-10-5-11-26-17)20-14-6-4-9-16(12-14)27-13-18-21-22-23-24(18)15-7-2-1-3-8-15/h1-12H,13H2,(H,20,25). The number of carbonyl (C=O) groups is 1. The number of hydrogen-bond acceptors (Lipinski definition) is 6. The van der Waals surface area contributed by atoms with Gasteiger partial charge in [-0.25, -0.2) is 0 Å². The first-order valence-corrected chi connectivity index (χ1v) is 10.1. The molecule has 2 aromatic carbocycles. The average Bonchev–Trinajstić information content (AvgIpc) is 3.39. The molecule has 1 amide bonds. The van der Waals surface area contributed by atoms with E-state index in [1.54, 1.807) is 16.4 Å². The molecular weight excluding hydrogens is 378 g/mol. The van der Waals surface area contributed by atoms with E-state index in [4.69, 9.17) is 0 Å². The monoisotopic (exact) mass is 393 g/mol. The molecule has 0 aliphatic heterocycles. The van der Waals surface area contributed by atoms with Crippen LogP contribution in [0.15, 0.2) is 77.0 Å². The number of anilines is 1. The number of rotatable bonds is 6. The molecule has 0 aliphatic rings. The van der Waals surface area contributed by atoms with Gasteiger partial charge in [-0.1, -0.05) is 30.3 Å². The summed E-state index contributed by atoms with van der Waals surface area (Å²) in [7, 11) is 0. The molecule has 0 atom stereocenters. The lowest BCUT2D eigenvalue weighted by molar-refractivity contribution is 0.103. The third-order valence-corrected chi connectivity index (χ3v) is 5.60. The Hall–Kier alpha value is -2.97. The van der Waals surface area contributed by atoms with E-state index in [0.29, 0.717) is 10.6 Å². The topological polar surface area (TPSA) is 72.7 Å². The van der Waals surface area contributed by atoms with Gasteiger partial charge in [-0.2, -0.15) is 4.68 Å². The number of tetrazole rings is 1. The number of nitrogens with one attached hydrogen (secondary N) is 1. The molecule has 4 aromatic rings. The van der Waals surface area contributed by atoms with Crippen molar-refractivity contribution in [3.8, 4) is 5.69 Å². The molecule has 6 nitrogen and oxygen atoms in total. The van der Waals surface area contributed by atoms with Crippen LogP contribution in [-0.4, -0.2) is 26.1 Å². The molecule has 0 saturated carbocycles. The Kier molecular flexibility index (Phi) is 5.27. The number of amides is 1. The van der Waals surface area contributed by atoms with E-state index in [2.05, 4.69) is 20.8 Å². The maximum atomic E-state index is 12.2. The Bertz CT molecular complexity index is 1030. The third-order valence-electron chi connectivity index (χ3n) is 3.74. The first kappa shape index (κ1) is 17.4. The number of nitrogens with zero attached hydrogens (tertiary/aromatic N) is 4. The molecule has 0 bridgehead atoms. The number of hydrogen-bond donors (Lipinski definition) is 1. The van der Waals surface area contributed by atoms with Gasteiger partial charge in [0.1, 0.15) is 0 Å². The fourth-order valence-electron chi connectivity index (χ4n) is 2.48. The summed E-state index contributed by atoms with van der Waals surface area (Å²) in [5.74, 6) is 1.28. The van der Waals surface area contributed by atoms with Crippen LogP contribution in [0.2, 0.25) is 0 Å². The largest absolute Gasteiger partial charge is 0.321 e. The van der Waals surface area contributed by atoms with Crippen LogP contribution >= 0.6 is 23.1 Å². The van der Waals surface area contributed by atoms with Crippen LogP contribution < -0.4 is 5.32 Å². The maximum Gasteiger partial charge on any atom is 0.265 e. The number of aromatic nitrogens is 4. The molecule has 0 radical (unpaired) electrons. The second kappa shape index (κ2) is 8.15. The maximum absolute atomic E-state index is 12.2. The summed E-state index contributed by atoms with van der Waals surface area (Å²) >= 11 is 3.03. The van der Waals surface area contributed by atoms with Crippen molar-refractivity contribution in [3.05, 3.63) is 82.8 Å². The molecule has 1 N–H and O–H groups in total. The van der Waals surface area contributed by atoms with Crippen LogP contribution in [0.1, 0.15) is 15.5 Å². The first-order chi connectivity index (χ1) is 13.3. The second-order valence-electron chi connectivity index (χ2n) is 5.59. The summed E-state index contributed by atoms with van der Waals surface area (Å²) < 4.78 is 1.73. The zero-order valence-corrected chi connectivity index (χ0v) is 15.8. The van der Waals surface area contributed by atoms with Gasteiger partial charge in [0.15, 0.2) is 5.82 Å². The Labute approximate surface area is 164 Å². The Morgan fingerprint density at radius 3 is 2.78 bits per heavy atom. The number of benzene rings is 2. The molecule has 0 aliphatic carbocycles. The van der Waals surface area contributed by atoms with E-state index in [-0.39, 0.29) is 5.91 Å². The van der Waals surface area contributed by atoms with Crippen molar-refractivity contribution in [2.45, 2.75) is 10.6 Å². The van der Waals surface area contributed by atoms with Crippen molar-refractivity contribution in [1.29, 1.82) is 0 Å². The first-order valence-electron chi connectivity index (χ1n) is 8.20. The van der Waals surface area contributed by atoms with Gasteiger partial charge in [0.2, 0.25) is 0 Å². The third kappa shape index (κ3) is 4.24. The van der Waals surface area contributed by atoms with Gasteiger partial charge in [0, 0.05) is 10.6 Å². The summed E-state index contributed by atoms with van der Waals surface area (Å²) in [6.45, 7) is 0. The van der Waals surface area contributed by atoms with Crippen molar-refractivity contribution in [2.75, 3.05) is 5.32 Å². The molecule has 0 saturated heterocycles. The molecule has 2 aromatic heterocycles. The van der Waals surface area contributed by atoms with Gasteiger partial charge in [-0.15, -0.1) is 28.2 Å². The van der Waals surface area contributed by atoms with E-state index in [1.807, 2.05) is 72.1 Å². The predicted molar refractivity (Wildman–Crippen MR) is 107 cm³/mol. The molecule has 0 fully saturated rings. The van der Waals surface area contributed by atoms with Gasteiger partial charge >= 0.3 is 0 Å². The minimum Gasteiger partial charge on any atom is -0.321 e. The van der Waals surface area contributed by atoms with Crippen LogP contribution in [0.25, 0.3) is 5.69 Å². The SMILES string of the molecule is O=C(Nc1cccc(SCc2nnnn2-c2ccccc2)c1)c1cccs1. The quantitative estimate of drug-likeness (QED) is 0.495. The Morgan fingerprint density at radius 2 is 1.96 bits per heavy atom. The van der Waals surface area contributed by atoms with Gasteiger partial charge in [-0.3, -0.25) is 4.79 Å². The predicted octanol–water partition coefficient (Wildman–Crippen LogP) is 4.27. The van der Waals surface area contributed by atoms with Gasteiger partial charge in [0.25, 0.3) is 5.91 Å². The number of para-hydroxylation sites is 1. The fraction of sp³-hybridized carbons (Fsp3) is 0.0526. The van der Waals surface area contributed by atoms with Crippen molar-refractivity contribution in [2.24, 2.45) is 0 Å². The zero-order chi connectivity index (χ0) is 18.5. The van der Waals surface area contributed by atoms with E-state index < -0.39 is 0 Å². The lowest BCUT2D eigenvalue weighted by atomic mass is 10.3. The number of carbonyl (C=O) groups excluding carboxylic acids is 1. The summed E-state index contributed by atoms with van der Waals surface area (Å²) in [6.07, 6.45) is 0. The summed E-state index contributed by atoms with van der Waals surface area (Å²) in [5.41, 5.74) is 1.69. The molecule has 8 heteroatoms. The van der Waals surface area contributed by atoms with Gasteiger partial charge < -0.3 is 5.32 Å². The molecule has 0 spiro atoms. The lowest BCUT2D eigenvalue weighted by Gasteiger charge is -2.07. The number of thiophene rings is 1. The molecule has 0 unspecified atom stereocenters. The Morgan fingerprint density at radius 1 is 1.07 bits per heavy atom. The fourth-order valence-corrected chi connectivity index (χ4v) is 3.96. The highest BCUT2D eigenvalue weighted by Crippen LogP contribution is 2.25. The lowest BCUT2D eigenvalue weighted by Crippen LogP contribution is -2.09. The normalized spacial score (nSPS) is 10.7. The van der Waals surface area contributed by atoms with Crippen LogP contribution in [0.5, 0.6) is 0 Å². The summed E-state index contributed by atoms with van der Waals surface area (Å²) in [5, 5.41) is 16.8. The van der Waals surface area contributed by atoms with Gasteiger partial charge in [0.05, 0.1) is 16.3 Å². The van der Waals surface area contributed by atoms with E-state index in [0.717, 1.165) is 22.1 Å². The molecule has 2 heterocycles. The second-order valence-corrected chi connectivity index (χ2v) is 7.59. The zero-order valence-electron chi connectivity index (χ0n) is 14.1. The highest BCUT2D eigenvalue weighted by molar-refractivity contribution is 7.98. The minimum absolute atomic E-state index is 0.0971. The van der Waals surface area contributed by atoms with Crippen molar-refractivity contribution in [1.82, 2.24) is 20.2 Å². The van der Waals surface area contributed by atoms with Crippen LogP contribution in [0.4, 0.5) is 5.69 Å². The van der Waals surface area contributed by atoms with Crippen LogP contribution in [-0.2, 0) is 5.75 Å². The smallest absolute Gasteiger partial charge is 0.265 e. The van der Waals surface area contributed by atoms with E-state index in [9.17, 15) is 4.79 Å². The van der Waals surface area contributed by atoms with Crippen molar-refractivity contribution in [3.63, 3.8) is 0 Å². The summed E-state index contributed by atoms with van der Waals surface area (Å²) in [4.78, 5) is 13.9. The van der Waals surface area contributed by atoms with E-state index in [1.165, 1.54) is 11.3 Å². The van der Waals surface area contributed by atoms with Gasteiger partial charge in [-0.05, 0) is 52.2 Å². The Balaban J connectivity index is 1.44. The molecule has 4 rings (SSSR count).